The van der Waals surface area contributed by atoms with E-state index < -0.39 is 0 Å². The van der Waals surface area contributed by atoms with E-state index in [9.17, 15) is 4.79 Å². The van der Waals surface area contributed by atoms with Gasteiger partial charge >= 0.3 is 5.97 Å². The lowest BCUT2D eigenvalue weighted by Crippen LogP contribution is -2.25. The summed E-state index contributed by atoms with van der Waals surface area (Å²) >= 11 is 0. The predicted molar refractivity (Wildman–Crippen MR) is 56.8 cm³/mol. The Bertz CT molecular complexity index is 261. The SMILES string of the molecule is CCOC(=O)C[C@@H]1C=CC=CC1(C)C. The minimum absolute atomic E-state index is 0.0571. The molecule has 0 aliphatic heterocycles. The van der Waals surface area contributed by atoms with Crippen molar-refractivity contribution in [3.8, 4) is 0 Å². The van der Waals surface area contributed by atoms with Gasteiger partial charge in [-0.05, 0) is 18.3 Å². The highest BCUT2D eigenvalue weighted by molar-refractivity contribution is 5.70. The van der Waals surface area contributed by atoms with Crippen LogP contribution in [0.1, 0.15) is 27.2 Å². The number of carbonyl (C=O) groups excluding carboxylic acids is 1. The largest absolute Gasteiger partial charge is 0.466 e. The second-order valence-electron chi connectivity index (χ2n) is 4.18. The molecule has 0 unspecified atom stereocenters. The van der Waals surface area contributed by atoms with Crippen molar-refractivity contribution in [2.75, 3.05) is 6.61 Å². The number of hydrogen-bond donors (Lipinski definition) is 0. The molecule has 0 aromatic carbocycles. The molecule has 0 amide bonds. The molecule has 2 heteroatoms. The smallest absolute Gasteiger partial charge is 0.306 e. The number of carbonyl (C=O) groups is 1. The van der Waals surface area contributed by atoms with Crippen LogP contribution < -0.4 is 0 Å². The summed E-state index contributed by atoms with van der Waals surface area (Å²) in [6.45, 7) is 6.57. The molecule has 0 N–H and O–H groups in total. The van der Waals surface area contributed by atoms with Crippen LogP contribution in [0.3, 0.4) is 0 Å². The fourth-order valence-corrected chi connectivity index (χ4v) is 1.60. The van der Waals surface area contributed by atoms with E-state index >= 15 is 0 Å². The molecule has 1 rings (SSSR count). The van der Waals surface area contributed by atoms with Gasteiger partial charge in [0.2, 0.25) is 0 Å². The first-order chi connectivity index (χ1) is 6.56. The standard InChI is InChI=1S/C12H18O2/c1-4-14-11(13)9-10-7-5-6-8-12(10,2)3/h5-8,10H,4,9H2,1-3H3/t10-/m0/s1. The van der Waals surface area contributed by atoms with Gasteiger partial charge in [0.25, 0.3) is 0 Å². The normalized spacial score (nSPS) is 23.5. The van der Waals surface area contributed by atoms with E-state index in [4.69, 9.17) is 4.74 Å². The van der Waals surface area contributed by atoms with Gasteiger partial charge in [-0.15, -0.1) is 0 Å². The van der Waals surface area contributed by atoms with Crippen LogP contribution in [0.15, 0.2) is 24.3 Å². The highest BCUT2D eigenvalue weighted by Crippen LogP contribution is 2.34. The summed E-state index contributed by atoms with van der Waals surface area (Å²) in [4.78, 5) is 11.3. The maximum absolute atomic E-state index is 11.3. The van der Waals surface area contributed by atoms with Crippen molar-refractivity contribution in [2.24, 2.45) is 11.3 Å². The van der Waals surface area contributed by atoms with Gasteiger partial charge in [-0.3, -0.25) is 4.79 Å². The summed E-state index contributed by atoms with van der Waals surface area (Å²) < 4.78 is 4.94. The molecule has 1 aliphatic rings. The Balaban J connectivity index is 2.56. The molecule has 0 radical (unpaired) electrons. The minimum Gasteiger partial charge on any atom is -0.466 e. The van der Waals surface area contributed by atoms with Crippen LogP contribution in [-0.2, 0) is 9.53 Å². The number of allylic oxidation sites excluding steroid dienone is 4. The number of rotatable bonds is 3. The van der Waals surface area contributed by atoms with Crippen molar-refractivity contribution in [2.45, 2.75) is 27.2 Å². The summed E-state index contributed by atoms with van der Waals surface area (Å²) in [5, 5.41) is 0. The molecule has 0 spiro atoms. The molecule has 0 saturated carbocycles. The van der Waals surface area contributed by atoms with E-state index in [1.54, 1.807) is 0 Å². The van der Waals surface area contributed by atoms with Gasteiger partial charge in [0.1, 0.15) is 0 Å². The molecule has 0 fully saturated rings. The molecule has 0 aromatic heterocycles. The molecule has 14 heavy (non-hydrogen) atoms. The lowest BCUT2D eigenvalue weighted by molar-refractivity contribution is -0.144. The molecule has 1 aliphatic carbocycles. The maximum Gasteiger partial charge on any atom is 0.306 e. The maximum atomic E-state index is 11.3. The fourth-order valence-electron chi connectivity index (χ4n) is 1.60. The summed E-state index contributed by atoms with van der Waals surface area (Å²) in [7, 11) is 0. The van der Waals surface area contributed by atoms with E-state index in [2.05, 4.69) is 26.0 Å². The van der Waals surface area contributed by atoms with Crippen molar-refractivity contribution in [3.63, 3.8) is 0 Å². The van der Waals surface area contributed by atoms with Crippen molar-refractivity contribution in [1.82, 2.24) is 0 Å². The Morgan fingerprint density at radius 1 is 1.43 bits per heavy atom. The third-order valence-corrected chi connectivity index (χ3v) is 2.63. The van der Waals surface area contributed by atoms with E-state index in [1.165, 1.54) is 0 Å². The Hall–Kier alpha value is -1.05. The van der Waals surface area contributed by atoms with E-state index in [-0.39, 0.29) is 17.3 Å². The Labute approximate surface area is 85.6 Å². The third-order valence-electron chi connectivity index (χ3n) is 2.63. The van der Waals surface area contributed by atoms with Crippen LogP contribution in [0.5, 0.6) is 0 Å². The van der Waals surface area contributed by atoms with Crippen LogP contribution >= 0.6 is 0 Å². The first-order valence-electron chi connectivity index (χ1n) is 5.08. The number of ether oxygens (including phenoxy) is 1. The van der Waals surface area contributed by atoms with Crippen molar-refractivity contribution < 1.29 is 9.53 Å². The van der Waals surface area contributed by atoms with Gasteiger partial charge in [0, 0.05) is 0 Å². The van der Waals surface area contributed by atoms with Crippen molar-refractivity contribution in [3.05, 3.63) is 24.3 Å². The summed E-state index contributed by atoms with van der Waals surface area (Å²) in [6, 6.07) is 0. The Morgan fingerprint density at radius 2 is 2.14 bits per heavy atom. The highest BCUT2D eigenvalue weighted by atomic mass is 16.5. The molecular weight excluding hydrogens is 176 g/mol. The average molecular weight is 194 g/mol. The molecular formula is C12H18O2. The van der Waals surface area contributed by atoms with Gasteiger partial charge in [0.05, 0.1) is 13.0 Å². The monoisotopic (exact) mass is 194 g/mol. The van der Waals surface area contributed by atoms with Gasteiger partial charge in [-0.25, -0.2) is 0 Å². The van der Waals surface area contributed by atoms with Crippen molar-refractivity contribution >= 4 is 5.97 Å². The quantitative estimate of drug-likeness (QED) is 0.646. The van der Waals surface area contributed by atoms with Crippen LogP contribution in [0, 0.1) is 11.3 Å². The van der Waals surface area contributed by atoms with Crippen LogP contribution in [0.4, 0.5) is 0 Å². The first-order valence-corrected chi connectivity index (χ1v) is 5.08. The molecule has 2 nitrogen and oxygen atoms in total. The minimum atomic E-state index is -0.106. The van der Waals surface area contributed by atoms with Crippen molar-refractivity contribution in [1.29, 1.82) is 0 Å². The first kappa shape index (κ1) is 11.0. The molecule has 0 saturated heterocycles. The average Bonchev–Trinajstić information content (AvgIpc) is 2.09. The van der Waals surface area contributed by atoms with Gasteiger partial charge < -0.3 is 4.74 Å². The van der Waals surface area contributed by atoms with Crippen LogP contribution in [-0.4, -0.2) is 12.6 Å². The van der Waals surface area contributed by atoms with Gasteiger partial charge in [-0.2, -0.15) is 0 Å². The molecule has 0 bridgehead atoms. The topological polar surface area (TPSA) is 26.3 Å². The summed E-state index contributed by atoms with van der Waals surface area (Å²) in [5.41, 5.74) is 0.0571. The molecule has 78 valence electrons. The lowest BCUT2D eigenvalue weighted by atomic mass is 9.74. The molecule has 0 aromatic rings. The fraction of sp³-hybridized carbons (Fsp3) is 0.583. The molecule has 1 atom stereocenters. The van der Waals surface area contributed by atoms with E-state index in [1.807, 2.05) is 19.1 Å². The molecule has 0 heterocycles. The van der Waals surface area contributed by atoms with E-state index in [0.717, 1.165) is 0 Å². The Kier molecular flexibility index (Phi) is 3.50. The zero-order valence-corrected chi connectivity index (χ0v) is 9.12. The Morgan fingerprint density at radius 3 is 2.71 bits per heavy atom. The van der Waals surface area contributed by atoms with Crippen LogP contribution in [0.25, 0.3) is 0 Å². The lowest BCUT2D eigenvalue weighted by Gasteiger charge is -2.30. The third kappa shape index (κ3) is 2.72. The second-order valence-corrected chi connectivity index (χ2v) is 4.18. The summed E-state index contributed by atoms with van der Waals surface area (Å²) in [6.07, 6.45) is 8.71. The van der Waals surface area contributed by atoms with Gasteiger partial charge in [0.15, 0.2) is 0 Å². The second kappa shape index (κ2) is 4.45. The number of hydrogen-bond acceptors (Lipinski definition) is 2. The zero-order chi connectivity index (χ0) is 10.6. The summed E-state index contributed by atoms with van der Waals surface area (Å²) in [5.74, 6) is 0.150. The van der Waals surface area contributed by atoms with Gasteiger partial charge in [-0.1, -0.05) is 38.2 Å². The predicted octanol–water partition coefficient (Wildman–Crippen LogP) is 2.71. The zero-order valence-electron chi connectivity index (χ0n) is 9.12. The van der Waals surface area contributed by atoms with E-state index in [0.29, 0.717) is 13.0 Å². The number of esters is 1. The highest BCUT2D eigenvalue weighted by Gasteiger charge is 2.28. The van der Waals surface area contributed by atoms with Crippen LogP contribution in [0.2, 0.25) is 0 Å².